The summed E-state index contributed by atoms with van der Waals surface area (Å²) in [7, 11) is 0. The first-order valence-corrected chi connectivity index (χ1v) is 7.61. The van der Waals surface area contributed by atoms with E-state index in [1.54, 1.807) is 6.07 Å². The van der Waals surface area contributed by atoms with Crippen LogP contribution in [0.3, 0.4) is 0 Å². The second-order valence-electron chi connectivity index (χ2n) is 5.67. The summed E-state index contributed by atoms with van der Waals surface area (Å²) in [6, 6.07) is 9.20. The molecule has 3 N–H and O–H groups in total. The largest absolute Gasteiger partial charge is 0.394 e. The lowest BCUT2D eigenvalue weighted by atomic mass is 10.0. The van der Waals surface area contributed by atoms with Gasteiger partial charge in [-0.15, -0.1) is 0 Å². The van der Waals surface area contributed by atoms with E-state index in [2.05, 4.69) is 22.4 Å². The van der Waals surface area contributed by atoms with Crippen molar-refractivity contribution in [3.05, 3.63) is 52.8 Å². The van der Waals surface area contributed by atoms with Crippen molar-refractivity contribution in [3.8, 4) is 0 Å². The Hall–Kier alpha value is -2.14. The van der Waals surface area contributed by atoms with E-state index in [1.165, 1.54) is 5.56 Å². The molecule has 1 heterocycles. The van der Waals surface area contributed by atoms with Crippen molar-refractivity contribution in [1.29, 1.82) is 0 Å². The predicted molar refractivity (Wildman–Crippen MR) is 85.8 cm³/mol. The molecule has 1 aromatic heterocycles. The maximum absolute atomic E-state index is 12.2. The first-order valence-electron chi connectivity index (χ1n) is 7.61. The number of aromatic amines is 1. The average molecular weight is 301 g/mol. The zero-order valence-electron chi connectivity index (χ0n) is 13.3. The predicted octanol–water partition coefficient (Wildman–Crippen LogP) is 2.56. The number of nitrogens with zero attached hydrogens (tertiary/aromatic N) is 1. The Kier molecular flexibility index (Phi) is 5.33. The molecule has 1 unspecified atom stereocenters. The summed E-state index contributed by atoms with van der Waals surface area (Å²) in [5.41, 5.74) is 3.36. The van der Waals surface area contributed by atoms with Crippen molar-refractivity contribution >= 4 is 5.91 Å². The van der Waals surface area contributed by atoms with Gasteiger partial charge in [-0.2, -0.15) is 5.10 Å². The first kappa shape index (κ1) is 16.2. The number of carbonyl (C=O) groups is 1. The van der Waals surface area contributed by atoms with Gasteiger partial charge >= 0.3 is 0 Å². The van der Waals surface area contributed by atoms with Gasteiger partial charge in [-0.1, -0.05) is 45.0 Å². The van der Waals surface area contributed by atoms with Gasteiger partial charge in [-0.3, -0.25) is 9.89 Å². The van der Waals surface area contributed by atoms with Gasteiger partial charge in [0.2, 0.25) is 0 Å². The molecule has 0 bridgehead atoms. The molecule has 2 aromatic rings. The van der Waals surface area contributed by atoms with Crippen LogP contribution in [0.15, 0.2) is 30.3 Å². The van der Waals surface area contributed by atoms with Crippen LogP contribution in [-0.2, 0) is 6.42 Å². The Morgan fingerprint density at radius 1 is 1.32 bits per heavy atom. The minimum Gasteiger partial charge on any atom is -0.394 e. The minimum absolute atomic E-state index is 0.154. The van der Waals surface area contributed by atoms with Crippen LogP contribution in [0.25, 0.3) is 0 Å². The number of aliphatic hydroxyl groups excluding tert-OH is 1. The van der Waals surface area contributed by atoms with E-state index in [-0.39, 0.29) is 18.4 Å². The van der Waals surface area contributed by atoms with Gasteiger partial charge in [0, 0.05) is 5.69 Å². The number of rotatable bonds is 6. The molecule has 0 aliphatic heterocycles. The van der Waals surface area contributed by atoms with Gasteiger partial charge in [0.1, 0.15) is 5.69 Å². The fourth-order valence-corrected chi connectivity index (χ4v) is 2.20. The molecule has 0 radical (unpaired) electrons. The van der Waals surface area contributed by atoms with Crippen LogP contribution in [0.2, 0.25) is 0 Å². The molecule has 22 heavy (non-hydrogen) atoms. The van der Waals surface area contributed by atoms with Crippen LogP contribution in [0.1, 0.15) is 60.0 Å². The molecule has 0 saturated heterocycles. The van der Waals surface area contributed by atoms with Gasteiger partial charge in [0.25, 0.3) is 5.91 Å². The van der Waals surface area contributed by atoms with E-state index in [0.717, 1.165) is 17.7 Å². The molecule has 1 atom stereocenters. The van der Waals surface area contributed by atoms with E-state index < -0.39 is 6.04 Å². The highest BCUT2D eigenvalue weighted by Crippen LogP contribution is 2.16. The summed E-state index contributed by atoms with van der Waals surface area (Å²) in [4.78, 5) is 12.2. The molecular weight excluding hydrogens is 278 g/mol. The number of aryl methyl sites for hydroxylation is 1. The zero-order chi connectivity index (χ0) is 16.1. The lowest BCUT2D eigenvalue weighted by Gasteiger charge is -2.16. The van der Waals surface area contributed by atoms with Crippen molar-refractivity contribution in [2.75, 3.05) is 6.61 Å². The number of hydrogen-bond acceptors (Lipinski definition) is 3. The van der Waals surface area contributed by atoms with E-state index in [9.17, 15) is 9.90 Å². The zero-order valence-corrected chi connectivity index (χ0v) is 13.3. The number of benzene rings is 1. The number of amides is 1. The van der Waals surface area contributed by atoms with Gasteiger partial charge < -0.3 is 10.4 Å². The van der Waals surface area contributed by atoms with Crippen LogP contribution in [0.4, 0.5) is 0 Å². The number of hydrogen-bond donors (Lipinski definition) is 3. The lowest BCUT2D eigenvalue weighted by Crippen LogP contribution is -2.31. The fourth-order valence-electron chi connectivity index (χ4n) is 2.20. The molecule has 0 spiro atoms. The minimum atomic E-state index is -0.433. The molecule has 0 aliphatic carbocycles. The molecule has 0 saturated carbocycles. The standard InChI is InChI=1S/C17H23N3O2/c1-4-12-5-7-13(8-6-12)16(10-21)18-17(22)15-9-14(11(2)3)19-20-15/h5-9,11,16,21H,4,10H2,1-3H3,(H,18,22)(H,19,20). The summed E-state index contributed by atoms with van der Waals surface area (Å²) >= 11 is 0. The summed E-state index contributed by atoms with van der Waals surface area (Å²) in [6.07, 6.45) is 0.960. The first-order chi connectivity index (χ1) is 10.5. The molecule has 118 valence electrons. The second-order valence-corrected chi connectivity index (χ2v) is 5.67. The SMILES string of the molecule is CCc1ccc(C(CO)NC(=O)c2cc(C(C)C)[nH]n2)cc1. The highest BCUT2D eigenvalue weighted by atomic mass is 16.3. The van der Waals surface area contributed by atoms with Crippen LogP contribution in [-0.4, -0.2) is 27.8 Å². The Morgan fingerprint density at radius 3 is 2.50 bits per heavy atom. The lowest BCUT2D eigenvalue weighted by molar-refractivity contribution is 0.0911. The monoisotopic (exact) mass is 301 g/mol. The molecule has 1 amide bonds. The van der Waals surface area contributed by atoms with E-state index in [0.29, 0.717) is 5.69 Å². The molecule has 2 rings (SSSR count). The number of nitrogens with one attached hydrogen (secondary N) is 2. The Balaban J connectivity index is 2.09. The number of aliphatic hydroxyl groups is 1. The maximum Gasteiger partial charge on any atom is 0.272 e. The molecule has 0 fully saturated rings. The fraction of sp³-hybridized carbons (Fsp3) is 0.412. The molecule has 1 aromatic carbocycles. The topological polar surface area (TPSA) is 78.0 Å². The van der Waals surface area contributed by atoms with Crippen molar-refractivity contribution in [2.24, 2.45) is 0 Å². The highest BCUT2D eigenvalue weighted by Gasteiger charge is 2.17. The highest BCUT2D eigenvalue weighted by molar-refractivity contribution is 5.92. The van der Waals surface area contributed by atoms with Crippen LogP contribution >= 0.6 is 0 Å². The molecule has 5 nitrogen and oxygen atoms in total. The van der Waals surface area contributed by atoms with Crippen molar-refractivity contribution < 1.29 is 9.90 Å². The van der Waals surface area contributed by atoms with Crippen molar-refractivity contribution in [1.82, 2.24) is 15.5 Å². The van der Waals surface area contributed by atoms with Crippen molar-refractivity contribution in [2.45, 2.75) is 39.2 Å². The Labute approximate surface area is 130 Å². The summed E-state index contributed by atoms with van der Waals surface area (Å²) < 4.78 is 0. The van der Waals surface area contributed by atoms with Gasteiger partial charge in [0.15, 0.2) is 0 Å². The van der Waals surface area contributed by atoms with Gasteiger partial charge in [0.05, 0.1) is 12.6 Å². The summed E-state index contributed by atoms with van der Waals surface area (Å²) in [5.74, 6) is -0.00829. The number of aromatic nitrogens is 2. The number of H-pyrrole nitrogens is 1. The quantitative estimate of drug-likeness (QED) is 0.767. The average Bonchev–Trinajstić information content (AvgIpc) is 3.03. The van der Waals surface area contributed by atoms with Crippen molar-refractivity contribution in [3.63, 3.8) is 0 Å². The third-order valence-corrected chi connectivity index (χ3v) is 3.73. The van der Waals surface area contributed by atoms with E-state index in [4.69, 9.17) is 0 Å². The molecule has 5 heteroatoms. The van der Waals surface area contributed by atoms with E-state index in [1.807, 2.05) is 38.1 Å². The Bertz CT molecular complexity index is 617. The van der Waals surface area contributed by atoms with Crippen LogP contribution < -0.4 is 5.32 Å². The van der Waals surface area contributed by atoms with Crippen LogP contribution in [0.5, 0.6) is 0 Å². The smallest absolute Gasteiger partial charge is 0.272 e. The maximum atomic E-state index is 12.2. The van der Waals surface area contributed by atoms with Crippen LogP contribution in [0, 0.1) is 0 Å². The number of carbonyl (C=O) groups excluding carboxylic acids is 1. The summed E-state index contributed by atoms with van der Waals surface area (Å²) in [6.45, 7) is 5.99. The van der Waals surface area contributed by atoms with Gasteiger partial charge in [-0.05, 0) is 29.5 Å². The third-order valence-electron chi connectivity index (χ3n) is 3.73. The third kappa shape index (κ3) is 3.74. The molecule has 0 aliphatic rings. The normalized spacial score (nSPS) is 12.4. The van der Waals surface area contributed by atoms with Gasteiger partial charge in [-0.25, -0.2) is 0 Å². The molecular formula is C17H23N3O2. The Morgan fingerprint density at radius 2 is 2.00 bits per heavy atom. The second kappa shape index (κ2) is 7.22. The van der Waals surface area contributed by atoms with E-state index >= 15 is 0 Å². The summed E-state index contributed by atoms with van der Waals surface area (Å²) in [5, 5.41) is 19.3.